The molecule has 0 aliphatic heterocycles. The van der Waals surface area contributed by atoms with E-state index >= 15 is 0 Å². The topological polar surface area (TPSA) is 41.5 Å². The molecule has 1 heterocycles. The third kappa shape index (κ3) is 6.04. The lowest BCUT2D eigenvalue weighted by Crippen LogP contribution is -2.38. The van der Waals surface area contributed by atoms with Gasteiger partial charge in [-0.1, -0.05) is 26.8 Å². The quantitative estimate of drug-likeness (QED) is 0.808. The van der Waals surface area contributed by atoms with Crippen molar-refractivity contribution in [3.63, 3.8) is 0 Å². The molecule has 0 aromatic carbocycles. The molecule has 0 saturated heterocycles. The number of aliphatic hydroxyl groups excluding tert-OH is 1. The first-order chi connectivity index (χ1) is 8.80. The van der Waals surface area contributed by atoms with Crippen LogP contribution in [-0.2, 0) is 4.74 Å². The highest BCUT2D eigenvalue weighted by molar-refractivity contribution is 7.10. The number of hydrogen-bond donors (Lipinski definition) is 2. The molecule has 3 nitrogen and oxygen atoms in total. The fourth-order valence-corrected chi connectivity index (χ4v) is 2.95. The van der Waals surface area contributed by atoms with Crippen LogP contribution in [0.25, 0.3) is 0 Å². The maximum atomic E-state index is 9.93. The lowest BCUT2D eigenvalue weighted by Gasteiger charge is -2.31. The fraction of sp³-hybridized carbons (Fsp3) is 0.733. The molecule has 1 aromatic rings. The number of ether oxygens (including phenoxy) is 1. The van der Waals surface area contributed by atoms with Gasteiger partial charge in [-0.15, -0.1) is 11.3 Å². The smallest absolute Gasteiger partial charge is 0.0898 e. The number of rotatable bonds is 7. The van der Waals surface area contributed by atoms with Crippen molar-refractivity contribution in [3.05, 3.63) is 22.4 Å². The van der Waals surface area contributed by atoms with E-state index in [2.05, 4.69) is 43.6 Å². The predicted octanol–water partition coefficient (Wildman–Crippen LogP) is 3.21. The maximum Gasteiger partial charge on any atom is 0.0898 e. The summed E-state index contributed by atoms with van der Waals surface area (Å²) >= 11 is 1.75. The van der Waals surface area contributed by atoms with Crippen LogP contribution >= 0.6 is 11.3 Å². The Morgan fingerprint density at radius 1 is 1.37 bits per heavy atom. The lowest BCUT2D eigenvalue weighted by atomic mass is 9.85. The van der Waals surface area contributed by atoms with Crippen LogP contribution in [0.1, 0.15) is 45.5 Å². The monoisotopic (exact) mass is 285 g/mol. The van der Waals surface area contributed by atoms with Crippen molar-refractivity contribution in [3.8, 4) is 0 Å². The third-order valence-corrected chi connectivity index (χ3v) is 3.81. The van der Waals surface area contributed by atoms with E-state index in [1.54, 1.807) is 11.3 Å². The minimum Gasteiger partial charge on any atom is -0.389 e. The molecular weight excluding hydrogens is 258 g/mol. The standard InChI is InChI=1S/C15H27NO2S/c1-11(2)18-10-12(17)9-16-14(15(3,4)5)13-7-6-8-19-13/h6-8,11-12,14,16-17H,9-10H2,1-5H3. The van der Waals surface area contributed by atoms with E-state index in [9.17, 15) is 5.11 Å². The summed E-state index contributed by atoms with van der Waals surface area (Å²) < 4.78 is 5.42. The zero-order chi connectivity index (χ0) is 14.5. The summed E-state index contributed by atoms with van der Waals surface area (Å²) in [7, 11) is 0. The van der Waals surface area contributed by atoms with Crippen molar-refractivity contribution in [2.24, 2.45) is 5.41 Å². The van der Waals surface area contributed by atoms with Crippen molar-refractivity contribution in [1.29, 1.82) is 0 Å². The highest BCUT2D eigenvalue weighted by Gasteiger charge is 2.27. The summed E-state index contributed by atoms with van der Waals surface area (Å²) in [6.45, 7) is 11.5. The van der Waals surface area contributed by atoms with Crippen molar-refractivity contribution in [2.45, 2.75) is 52.9 Å². The minimum absolute atomic E-state index is 0.115. The molecular formula is C15H27NO2S. The van der Waals surface area contributed by atoms with Crippen LogP contribution < -0.4 is 5.32 Å². The molecule has 110 valence electrons. The molecule has 0 radical (unpaired) electrons. The Bertz CT molecular complexity index is 344. The minimum atomic E-state index is -0.466. The molecule has 0 bridgehead atoms. The van der Waals surface area contributed by atoms with Gasteiger partial charge in [0.2, 0.25) is 0 Å². The molecule has 4 heteroatoms. The molecule has 2 atom stereocenters. The SMILES string of the molecule is CC(C)OCC(O)CNC(c1cccs1)C(C)(C)C. The molecule has 0 spiro atoms. The van der Waals surface area contributed by atoms with Crippen molar-refractivity contribution < 1.29 is 9.84 Å². The molecule has 0 aliphatic rings. The third-order valence-electron chi connectivity index (χ3n) is 2.87. The average Bonchev–Trinajstić information content (AvgIpc) is 2.78. The van der Waals surface area contributed by atoms with E-state index in [1.807, 2.05) is 13.8 Å². The molecule has 1 aromatic heterocycles. The average molecular weight is 285 g/mol. The summed E-state index contributed by atoms with van der Waals surface area (Å²) in [5.74, 6) is 0. The Kier molecular flexibility index (Phi) is 6.47. The number of hydrogen-bond acceptors (Lipinski definition) is 4. The van der Waals surface area contributed by atoms with Crippen LogP contribution in [-0.4, -0.2) is 30.5 Å². The van der Waals surface area contributed by atoms with Gasteiger partial charge in [0.25, 0.3) is 0 Å². The molecule has 0 aliphatic carbocycles. The Morgan fingerprint density at radius 3 is 2.53 bits per heavy atom. The lowest BCUT2D eigenvalue weighted by molar-refractivity contribution is 0.00397. The molecule has 0 amide bonds. The maximum absolute atomic E-state index is 9.93. The van der Waals surface area contributed by atoms with Gasteiger partial charge in [0.1, 0.15) is 0 Å². The van der Waals surface area contributed by atoms with Crippen LogP contribution in [0.3, 0.4) is 0 Å². The van der Waals surface area contributed by atoms with Gasteiger partial charge >= 0.3 is 0 Å². The van der Waals surface area contributed by atoms with Gasteiger partial charge in [0.05, 0.1) is 18.8 Å². The van der Waals surface area contributed by atoms with Crippen LogP contribution in [0.4, 0.5) is 0 Å². The van der Waals surface area contributed by atoms with E-state index in [4.69, 9.17) is 4.74 Å². The second-order valence-corrected chi connectivity index (χ2v) is 7.24. The van der Waals surface area contributed by atoms with Gasteiger partial charge in [-0.3, -0.25) is 0 Å². The van der Waals surface area contributed by atoms with Gasteiger partial charge in [0, 0.05) is 17.5 Å². The van der Waals surface area contributed by atoms with Gasteiger partial charge in [-0.2, -0.15) is 0 Å². The second kappa shape index (κ2) is 7.39. The largest absolute Gasteiger partial charge is 0.389 e. The van der Waals surface area contributed by atoms with Crippen LogP contribution in [0, 0.1) is 5.41 Å². The first-order valence-electron chi connectivity index (χ1n) is 6.87. The first-order valence-corrected chi connectivity index (χ1v) is 7.75. The summed E-state index contributed by atoms with van der Waals surface area (Å²) in [6, 6.07) is 4.46. The van der Waals surface area contributed by atoms with Gasteiger partial charge < -0.3 is 15.2 Å². The zero-order valence-corrected chi connectivity index (χ0v) is 13.5. The summed E-state index contributed by atoms with van der Waals surface area (Å²) in [5.41, 5.74) is 0.115. The highest BCUT2D eigenvalue weighted by Crippen LogP contribution is 2.34. The first kappa shape index (κ1) is 16.6. The summed E-state index contributed by atoms with van der Waals surface area (Å²) in [6.07, 6.45) is -0.308. The van der Waals surface area contributed by atoms with Gasteiger partial charge in [-0.05, 0) is 30.7 Å². The summed E-state index contributed by atoms with van der Waals surface area (Å²) in [5, 5.41) is 15.5. The number of aliphatic hydroxyl groups is 1. The Labute approximate surface area is 121 Å². The van der Waals surface area contributed by atoms with E-state index in [0.29, 0.717) is 13.2 Å². The molecule has 2 N–H and O–H groups in total. The van der Waals surface area contributed by atoms with E-state index < -0.39 is 6.10 Å². The fourth-order valence-electron chi connectivity index (χ4n) is 1.91. The van der Waals surface area contributed by atoms with Gasteiger partial charge in [0.15, 0.2) is 0 Å². The molecule has 2 unspecified atom stereocenters. The highest BCUT2D eigenvalue weighted by atomic mass is 32.1. The number of thiophene rings is 1. The molecule has 0 saturated carbocycles. The normalized spacial score (nSPS) is 15.7. The zero-order valence-electron chi connectivity index (χ0n) is 12.6. The number of nitrogens with one attached hydrogen (secondary N) is 1. The molecule has 19 heavy (non-hydrogen) atoms. The van der Waals surface area contributed by atoms with E-state index in [0.717, 1.165) is 0 Å². The van der Waals surface area contributed by atoms with Crippen LogP contribution in [0.5, 0.6) is 0 Å². The second-order valence-electron chi connectivity index (χ2n) is 6.26. The van der Waals surface area contributed by atoms with Crippen molar-refractivity contribution in [1.82, 2.24) is 5.32 Å². The Balaban J connectivity index is 2.51. The van der Waals surface area contributed by atoms with E-state index in [-0.39, 0.29) is 17.6 Å². The van der Waals surface area contributed by atoms with Crippen LogP contribution in [0.15, 0.2) is 17.5 Å². The van der Waals surface area contributed by atoms with Crippen LogP contribution in [0.2, 0.25) is 0 Å². The Hall–Kier alpha value is -0.420. The van der Waals surface area contributed by atoms with Crippen molar-refractivity contribution in [2.75, 3.05) is 13.2 Å². The Morgan fingerprint density at radius 2 is 2.05 bits per heavy atom. The van der Waals surface area contributed by atoms with E-state index in [1.165, 1.54) is 4.88 Å². The van der Waals surface area contributed by atoms with Gasteiger partial charge in [-0.25, -0.2) is 0 Å². The predicted molar refractivity (Wildman–Crippen MR) is 81.6 cm³/mol. The van der Waals surface area contributed by atoms with Crippen molar-refractivity contribution >= 4 is 11.3 Å². The summed E-state index contributed by atoms with van der Waals surface area (Å²) in [4.78, 5) is 1.31. The molecule has 1 rings (SSSR count). The molecule has 0 fully saturated rings.